The van der Waals surface area contributed by atoms with Crippen LogP contribution in [0.4, 0.5) is 10.1 Å². The third-order valence-electron chi connectivity index (χ3n) is 2.90. The van der Waals surface area contributed by atoms with Gasteiger partial charge in [0.25, 0.3) is 0 Å². The summed E-state index contributed by atoms with van der Waals surface area (Å²) < 4.78 is 13.5. The molecule has 1 aliphatic heterocycles. The van der Waals surface area contributed by atoms with Crippen molar-refractivity contribution >= 4 is 17.4 Å². The van der Waals surface area contributed by atoms with E-state index in [2.05, 4.69) is 17.4 Å². The fraction of sp³-hybridized carbons (Fsp3) is 0.143. The van der Waals surface area contributed by atoms with E-state index in [0.717, 1.165) is 5.75 Å². The lowest BCUT2D eigenvalue weighted by Gasteiger charge is -2.15. The lowest BCUT2D eigenvalue weighted by molar-refractivity contribution is 0.628. The van der Waals surface area contributed by atoms with Crippen molar-refractivity contribution < 1.29 is 4.39 Å². The van der Waals surface area contributed by atoms with Crippen molar-refractivity contribution in [3.63, 3.8) is 0 Å². The predicted octanol–water partition coefficient (Wildman–Crippen LogP) is 4.08. The SMILES string of the molecule is Fc1ccccc1NC1CSc2ccccc21. The number of para-hydroxylation sites is 1. The van der Waals surface area contributed by atoms with E-state index in [4.69, 9.17) is 0 Å². The van der Waals surface area contributed by atoms with E-state index in [9.17, 15) is 4.39 Å². The molecule has 0 aliphatic carbocycles. The van der Waals surface area contributed by atoms with E-state index in [1.165, 1.54) is 16.5 Å². The fourth-order valence-corrected chi connectivity index (χ4v) is 3.21. The second-order valence-corrected chi connectivity index (χ2v) is 5.09. The number of thioether (sulfide) groups is 1. The van der Waals surface area contributed by atoms with Crippen LogP contribution in [0.25, 0.3) is 0 Å². The summed E-state index contributed by atoms with van der Waals surface area (Å²) in [5.41, 5.74) is 1.84. The van der Waals surface area contributed by atoms with Crippen LogP contribution in [0.5, 0.6) is 0 Å². The average molecular weight is 245 g/mol. The monoisotopic (exact) mass is 245 g/mol. The Balaban J connectivity index is 1.87. The van der Waals surface area contributed by atoms with Crippen LogP contribution in [0.1, 0.15) is 11.6 Å². The molecule has 0 spiro atoms. The minimum absolute atomic E-state index is 0.193. The molecule has 1 unspecified atom stereocenters. The molecular weight excluding hydrogens is 233 g/mol. The first-order valence-corrected chi connectivity index (χ1v) is 6.56. The number of nitrogens with one attached hydrogen (secondary N) is 1. The predicted molar refractivity (Wildman–Crippen MR) is 69.9 cm³/mol. The zero-order chi connectivity index (χ0) is 11.7. The van der Waals surface area contributed by atoms with Crippen LogP contribution in [0.2, 0.25) is 0 Å². The Hall–Kier alpha value is -1.48. The van der Waals surface area contributed by atoms with E-state index in [0.29, 0.717) is 5.69 Å². The van der Waals surface area contributed by atoms with Crippen molar-refractivity contribution in [3.05, 3.63) is 59.9 Å². The van der Waals surface area contributed by atoms with E-state index < -0.39 is 0 Å². The molecule has 86 valence electrons. The van der Waals surface area contributed by atoms with Crippen LogP contribution in [-0.4, -0.2) is 5.75 Å². The molecule has 2 aromatic carbocycles. The zero-order valence-corrected chi connectivity index (χ0v) is 10.0. The smallest absolute Gasteiger partial charge is 0.146 e. The summed E-state index contributed by atoms with van der Waals surface area (Å²) >= 11 is 1.82. The molecule has 1 heterocycles. The first-order valence-electron chi connectivity index (χ1n) is 5.57. The van der Waals surface area contributed by atoms with Crippen molar-refractivity contribution in [3.8, 4) is 0 Å². The molecule has 0 saturated heterocycles. The Kier molecular flexibility index (Phi) is 2.77. The zero-order valence-electron chi connectivity index (χ0n) is 9.19. The number of hydrogen-bond acceptors (Lipinski definition) is 2. The van der Waals surface area contributed by atoms with Crippen LogP contribution in [0.15, 0.2) is 53.4 Å². The molecule has 0 aromatic heterocycles. The van der Waals surface area contributed by atoms with Crippen LogP contribution in [-0.2, 0) is 0 Å². The third kappa shape index (κ3) is 2.03. The van der Waals surface area contributed by atoms with E-state index in [1.807, 2.05) is 30.0 Å². The molecule has 1 nitrogen and oxygen atoms in total. The number of benzene rings is 2. The maximum atomic E-state index is 13.5. The molecule has 1 N–H and O–H groups in total. The third-order valence-corrected chi connectivity index (χ3v) is 4.09. The largest absolute Gasteiger partial charge is 0.375 e. The van der Waals surface area contributed by atoms with E-state index in [-0.39, 0.29) is 11.9 Å². The first kappa shape index (κ1) is 10.7. The molecule has 2 aromatic rings. The second-order valence-electron chi connectivity index (χ2n) is 4.03. The summed E-state index contributed by atoms with van der Waals surface area (Å²) in [6.07, 6.45) is 0. The molecule has 3 heteroatoms. The van der Waals surface area contributed by atoms with Gasteiger partial charge in [0.05, 0.1) is 11.7 Å². The van der Waals surface area contributed by atoms with Crippen molar-refractivity contribution in [2.24, 2.45) is 0 Å². The summed E-state index contributed by atoms with van der Waals surface area (Å²) in [5, 5.41) is 3.27. The molecule has 0 radical (unpaired) electrons. The van der Waals surface area contributed by atoms with Crippen molar-refractivity contribution in [1.82, 2.24) is 0 Å². The maximum Gasteiger partial charge on any atom is 0.146 e. The van der Waals surface area contributed by atoms with E-state index in [1.54, 1.807) is 12.1 Å². The lowest BCUT2D eigenvalue weighted by atomic mass is 10.1. The van der Waals surface area contributed by atoms with Gasteiger partial charge in [-0.1, -0.05) is 30.3 Å². The number of rotatable bonds is 2. The van der Waals surface area contributed by atoms with Gasteiger partial charge < -0.3 is 5.32 Å². The minimum atomic E-state index is -0.193. The average Bonchev–Trinajstić information content (AvgIpc) is 2.76. The molecule has 0 amide bonds. The molecule has 17 heavy (non-hydrogen) atoms. The van der Waals surface area contributed by atoms with Crippen molar-refractivity contribution in [2.45, 2.75) is 10.9 Å². The topological polar surface area (TPSA) is 12.0 Å². The summed E-state index contributed by atoms with van der Waals surface area (Å²) in [6.45, 7) is 0. The van der Waals surface area contributed by atoms with Crippen LogP contribution < -0.4 is 5.32 Å². The Morgan fingerprint density at radius 1 is 1.06 bits per heavy atom. The summed E-state index contributed by atoms with van der Waals surface area (Å²) in [7, 11) is 0. The van der Waals surface area contributed by atoms with Gasteiger partial charge in [0.15, 0.2) is 0 Å². The van der Waals surface area contributed by atoms with Crippen LogP contribution in [0, 0.1) is 5.82 Å². The molecule has 0 saturated carbocycles. The molecule has 3 rings (SSSR count). The van der Waals surface area contributed by atoms with Crippen LogP contribution in [0.3, 0.4) is 0 Å². The Morgan fingerprint density at radius 3 is 2.71 bits per heavy atom. The Bertz CT molecular complexity index is 541. The summed E-state index contributed by atoms with van der Waals surface area (Å²) in [6, 6.07) is 15.3. The summed E-state index contributed by atoms with van der Waals surface area (Å²) in [4.78, 5) is 1.29. The highest BCUT2D eigenvalue weighted by atomic mass is 32.2. The van der Waals surface area contributed by atoms with Gasteiger partial charge in [-0.25, -0.2) is 4.39 Å². The molecule has 1 aliphatic rings. The van der Waals surface area contributed by atoms with Gasteiger partial charge in [-0.2, -0.15) is 0 Å². The molecule has 1 atom stereocenters. The van der Waals surface area contributed by atoms with Gasteiger partial charge in [-0.05, 0) is 23.8 Å². The first-order chi connectivity index (χ1) is 8.34. The number of halogens is 1. The fourth-order valence-electron chi connectivity index (χ4n) is 2.05. The second kappa shape index (κ2) is 4.41. The standard InChI is InChI=1S/C14H12FNS/c15-11-6-2-3-7-12(11)16-13-9-17-14-8-4-1-5-10(13)14/h1-8,13,16H,9H2. The van der Waals surface area contributed by atoms with Gasteiger partial charge in [-0.15, -0.1) is 11.8 Å². The quantitative estimate of drug-likeness (QED) is 0.855. The Morgan fingerprint density at radius 2 is 1.82 bits per heavy atom. The summed E-state index contributed by atoms with van der Waals surface area (Å²) in [5.74, 6) is 0.759. The number of anilines is 1. The number of fused-ring (bicyclic) bond motifs is 1. The van der Waals surface area contributed by atoms with Crippen molar-refractivity contribution in [1.29, 1.82) is 0 Å². The van der Waals surface area contributed by atoms with Gasteiger partial charge in [0.2, 0.25) is 0 Å². The normalized spacial score (nSPS) is 17.8. The van der Waals surface area contributed by atoms with Gasteiger partial charge in [0.1, 0.15) is 5.82 Å². The van der Waals surface area contributed by atoms with Gasteiger partial charge in [0, 0.05) is 10.6 Å². The molecular formula is C14H12FNS. The minimum Gasteiger partial charge on any atom is -0.375 e. The van der Waals surface area contributed by atoms with Crippen molar-refractivity contribution in [2.75, 3.05) is 11.1 Å². The van der Waals surface area contributed by atoms with Gasteiger partial charge in [-0.3, -0.25) is 0 Å². The van der Waals surface area contributed by atoms with Gasteiger partial charge >= 0.3 is 0 Å². The number of hydrogen-bond donors (Lipinski definition) is 1. The molecule has 0 bridgehead atoms. The highest BCUT2D eigenvalue weighted by Crippen LogP contribution is 2.39. The van der Waals surface area contributed by atoms with E-state index >= 15 is 0 Å². The Labute approximate surface area is 104 Å². The highest BCUT2D eigenvalue weighted by Gasteiger charge is 2.22. The molecule has 0 fully saturated rings. The van der Waals surface area contributed by atoms with Crippen LogP contribution >= 0.6 is 11.8 Å². The lowest BCUT2D eigenvalue weighted by Crippen LogP contribution is -2.10. The highest BCUT2D eigenvalue weighted by molar-refractivity contribution is 7.99. The maximum absolute atomic E-state index is 13.5.